The Hall–Kier alpha value is -1.19. The number of hydrogen-bond acceptors (Lipinski definition) is 1. The molecule has 2 rings (SSSR count). The maximum atomic E-state index is 13.4. The Morgan fingerprint density at radius 2 is 1.86 bits per heavy atom. The fourth-order valence-electron chi connectivity index (χ4n) is 1.82. The molecule has 0 amide bonds. The molecule has 1 aliphatic heterocycles. The van der Waals surface area contributed by atoms with Gasteiger partial charge in [0.15, 0.2) is 11.6 Å². The molecule has 76 valence electrons. The Balaban J connectivity index is 2.74. The Bertz CT molecular complexity index is 399. The highest BCUT2D eigenvalue weighted by Gasteiger charge is 2.36. The van der Waals surface area contributed by atoms with Gasteiger partial charge in [0.05, 0.1) is 5.69 Å². The Labute approximate surface area is 79.9 Å². The highest BCUT2D eigenvalue weighted by Crippen LogP contribution is 2.40. The molecule has 14 heavy (non-hydrogen) atoms. The van der Waals surface area contributed by atoms with Gasteiger partial charge in [-0.3, -0.25) is 0 Å². The minimum absolute atomic E-state index is 0.0347. The van der Waals surface area contributed by atoms with Gasteiger partial charge in [-0.25, -0.2) is 13.2 Å². The predicted molar refractivity (Wildman–Crippen MR) is 47.8 cm³/mol. The Kier molecular flexibility index (Phi) is 1.77. The van der Waals surface area contributed by atoms with E-state index in [9.17, 15) is 13.2 Å². The van der Waals surface area contributed by atoms with Gasteiger partial charge in [0.1, 0.15) is 5.82 Å². The maximum absolute atomic E-state index is 13.4. The van der Waals surface area contributed by atoms with E-state index in [1.165, 1.54) is 0 Å². The largest absolute Gasteiger partial charge is 0.381 e. The molecule has 0 fully saturated rings. The molecule has 0 saturated heterocycles. The average Bonchev–Trinajstić information content (AvgIpc) is 2.38. The standard InChI is InChI=1S/C10H10F3N/c1-10(2)4-14-9-7(10)5(11)3-6(12)8(9)13/h3,14H,4H2,1-2H3. The number of halogens is 3. The Morgan fingerprint density at radius 1 is 1.21 bits per heavy atom. The molecule has 0 aromatic heterocycles. The summed E-state index contributed by atoms with van der Waals surface area (Å²) in [4.78, 5) is 0. The smallest absolute Gasteiger partial charge is 0.182 e. The van der Waals surface area contributed by atoms with Gasteiger partial charge in [-0.05, 0) is 0 Å². The SMILES string of the molecule is CC1(C)CNc2c(F)c(F)cc(F)c21. The molecule has 1 heterocycles. The number of nitrogens with one attached hydrogen (secondary N) is 1. The van der Waals surface area contributed by atoms with Gasteiger partial charge in [-0.1, -0.05) is 13.8 Å². The molecule has 0 radical (unpaired) electrons. The molecule has 1 nitrogen and oxygen atoms in total. The summed E-state index contributed by atoms with van der Waals surface area (Å²) in [5.41, 5.74) is -0.294. The van der Waals surface area contributed by atoms with Crippen LogP contribution in [0.5, 0.6) is 0 Å². The van der Waals surface area contributed by atoms with E-state index in [0.717, 1.165) is 0 Å². The van der Waals surface area contributed by atoms with Crippen LogP contribution in [0.3, 0.4) is 0 Å². The van der Waals surface area contributed by atoms with Crippen LogP contribution in [0.25, 0.3) is 0 Å². The topological polar surface area (TPSA) is 12.0 Å². The van der Waals surface area contributed by atoms with Crippen LogP contribution in [-0.4, -0.2) is 6.54 Å². The van der Waals surface area contributed by atoms with Crippen molar-refractivity contribution in [1.82, 2.24) is 0 Å². The van der Waals surface area contributed by atoms with Crippen molar-refractivity contribution in [3.8, 4) is 0 Å². The van der Waals surface area contributed by atoms with Gasteiger partial charge in [0, 0.05) is 23.6 Å². The molecule has 1 N–H and O–H groups in total. The van der Waals surface area contributed by atoms with Crippen LogP contribution in [0.15, 0.2) is 6.07 Å². The number of fused-ring (bicyclic) bond motifs is 1. The van der Waals surface area contributed by atoms with Crippen LogP contribution in [-0.2, 0) is 5.41 Å². The summed E-state index contributed by atoms with van der Waals surface area (Å²) in [6.07, 6.45) is 0. The molecular formula is C10H10F3N. The highest BCUT2D eigenvalue weighted by molar-refractivity contribution is 5.61. The average molecular weight is 201 g/mol. The fourth-order valence-corrected chi connectivity index (χ4v) is 1.82. The summed E-state index contributed by atoms with van der Waals surface area (Å²) < 4.78 is 39.4. The first-order valence-corrected chi connectivity index (χ1v) is 4.35. The van der Waals surface area contributed by atoms with Crippen LogP contribution in [0.2, 0.25) is 0 Å². The minimum atomic E-state index is -1.15. The van der Waals surface area contributed by atoms with E-state index in [1.54, 1.807) is 13.8 Å². The third-order valence-corrected chi connectivity index (χ3v) is 2.56. The van der Waals surface area contributed by atoms with Crippen molar-refractivity contribution in [3.63, 3.8) is 0 Å². The summed E-state index contributed by atoms with van der Waals surface area (Å²) in [6, 6.07) is 0.600. The van der Waals surface area contributed by atoms with Crippen molar-refractivity contribution in [2.45, 2.75) is 19.3 Å². The van der Waals surface area contributed by atoms with Crippen molar-refractivity contribution in [2.24, 2.45) is 0 Å². The van der Waals surface area contributed by atoms with Gasteiger partial charge in [-0.2, -0.15) is 0 Å². The second-order valence-electron chi connectivity index (χ2n) is 4.14. The summed E-state index contributed by atoms with van der Waals surface area (Å²) in [5, 5.41) is 2.69. The van der Waals surface area contributed by atoms with Gasteiger partial charge < -0.3 is 5.32 Å². The van der Waals surface area contributed by atoms with Crippen LogP contribution >= 0.6 is 0 Å². The van der Waals surface area contributed by atoms with E-state index >= 15 is 0 Å². The van der Waals surface area contributed by atoms with Crippen molar-refractivity contribution in [2.75, 3.05) is 11.9 Å². The van der Waals surface area contributed by atoms with E-state index < -0.39 is 22.9 Å². The number of hydrogen-bond donors (Lipinski definition) is 1. The molecule has 0 atom stereocenters. The molecule has 0 unspecified atom stereocenters. The molecule has 0 saturated carbocycles. The maximum Gasteiger partial charge on any atom is 0.182 e. The van der Waals surface area contributed by atoms with Crippen LogP contribution in [0.1, 0.15) is 19.4 Å². The van der Waals surface area contributed by atoms with Crippen LogP contribution in [0, 0.1) is 17.5 Å². The second kappa shape index (κ2) is 2.65. The van der Waals surface area contributed by atoms with E-state index in [-0.39, 0.29) is 11.3 Å². The van der Waals surface area contributed by atoms with Gasteiger partial charge >= 0.3 is 0 Å². The zero-order chi connectivity index (χ0) is 10.5. The van der Waals surface area contributed by atoms with E-state index in [2.05, 4.69) is 5.32 Å². The fraction of sp³-hybridized carbons (Fsp3) is 0.400. The zero-order valence-electron chi connectivity index (χ0n) is 7.92. The summed E-state index contributed by atoms with van der Waals surface area (Å²) >= 11 is 0. The molecular weight excluding hydrogens is 191 g/mol. The number of rotatable bonds is 0. The van der Waals surface area contributed by atoms with Gasteiger partial charge in [-0.15, -0.1) is 0 Å². The summed E-state index contributed by atoms with van der Waals surface area (Å²) in [6.45, 7) is 3.98. The van der Waals surface area contributed by atoms with Gasteiger partial charge in [0.25, 0.3) is 0 Å². The van der Waals surface area contributed by atoms with Crippen LogP contribution < -0.4 is 5.32 Å². The van der Waals surface area contributed by atoms with Crippen molar-refractivity contribution >= 4 is 5.69 Å². The molecule has 0 bridgehead atoms. The first-order valence-electron chi connectivity index (χ1n) is 4.35. The van der Waals surface area contributed by atoms with Crippen LogP contribution in [0.4, 0.5) is 18.9 Å². The van der Waals surface area contributed by atoms with Crippen molar-refractivity contribution in [1.29, 1.82) is 0 Å². The first-order chi connectivity index (χ1) is 6.43. The lowest BCUT2D eigenvalue weighted by molar-refractivity contribution is 0.483. The van der Waals surface area contributed by atoms with Crippen molar-refractivity contribution in [3.05, 3.63) is 29.1 Å². The lowest BCUT2D eigenvalue weighted by atomic mass is 9.86. The molecule has 1 aromatic carbocycles. The summed E-state index contributed by atoms with van der Waals surface area (Å²) in [7, 11) is 0. The molecule has 1 aromatic rings. The highest BCUT2D eigenvalue weighted by atomic mass is 19.2. The minimum Gasteiger partial charge on any atom is -0.381 e. The second-order valence-corrected chi connectivity index (χ2v) is 4.14. The zero-order valence-corrected chi connectivity index (χ0v) is 7.92. The third-order valence-electron chi connectivity index (χ3n) is 2.56. The lowest BCUT2D eigenvalue weighted by Crippen LogP contribution is -2.20. The lowest BCUT2D eigenvalue weighted by Gasteiger charge is -2.17. The van der Waals surface area contributed by atoms with E-state index in [1.807, 2.05) is 0 Å². The van der Waals surface area contributed by atoms with E-state index in [4.69, 9.17) is 0 Å². The molecule has 1 aliphatic rings. The predicted octanol–water partition coefficient (Wildman–Crippen LogP) is 2.81. The molecule has 0 aliphatic carbocycles. The third kappa shape index (κ3) is 1.10. The molecule has 0 spiro atoms. The summed E-state index contributed by atoms with van der Waals surface area (Å²) in [5.74, 6) is -2.83. The molecule has 4 heteroatoms. The van der Waals surface area contributed by atoms with E-state index in [0.29, 0.717) is 12.6 Å². The first kappa shape index (κ1) is 9.37. The number of anilines is 1. The van der Waals surface area contributed by atoms with Crippen molar-refractivity contribution < 1.29 is 13.2 Å². The normalized spacial score (nSPS) is 17.8. The van der Waals surface area contributed by atoms with Gasteiger partial charge in [0.2, 0.25) is 0 Å². The monoisotopic (exact) mass is 201 g/mol. The number of benzene rings is 1. The Morgan fingerprint density at radius 3 is 2.50 bits per heavy atom. The quantitative estimate of drug-likeness (QED) is 0.636.